The molecule has 4 rings (SSSR count). The number of pyridine rings is 2. The lowest BCUT2D eigenvalue weighted by molar-refractivity contribution is 0.393. The lowest BCUT2D eigenvalue weighted by Crippen LogP contribution is -2.00. The van der Waals surface area contributed by atoms with E-state index in [1.165, 1.54) is 0 Å². The van der Waals surface area contributed by atoms with Crippen LogP contribution in [0.4, 0.5) is 0 Å². The van der Waals surface area contributed by atoms with Gasteiger partial charge in [-0.05, 0) is 54.6 Å². The van der Waals surface area contributed by atoms with Gasteiger partial charge >= 0.3 is 0 Å². The average molecular weight is 430 g/mol. The summed E-state index contributed by atoms with van der Waals surface area (Å²) in [7, 11) is 0. The Balaban J connectivity index is 1.85. The maximum Gasteiger partial charge on any atom is 0.141 e. The minimum absolute atomic E-state index is 0.715. The predicted molar refractivity (Wildman–Crippen MR) is 101 cm³/mol. The van der Waals surface area contributed by atoms with Crippen LogP contribution in [-0.4, -0.2) is 19.7 Å². The van der Waals surface area contributed by atoms with Crippen molar-refractivity contribution in [2.24, 2.45) is 0 Å². The summed E-state index contributed by atoms with van der Waals surface area (Å²) in [4.78, 5) is 9.08. The number of hydrogen-bond donors (Lipinski definition) is 0. The van der Waals surface area contributed by atoms with E-state index in [0.717, 1.165) is 42.9 Å². The first-order valence-electron chi connectivity index (χ1n) is 7.61. The van der Waals surface area contributed by atoms with Crippen LogP contribution in [0.15, 0.2) is 47.4 Å². The van der Waals surface area contributed by atoms with Crippen molar-refractivity contribution in [1.29, 1.82) is 0 Å². The molecule has 0 saturated heterocycles. The monoisotopic (exact) mass is 430 g/mol. The lowest BCUT2D eigenvalue weighted by Gasteiger charge is -2.06. The largest absolute Gasteiger partial charge is 0.361 e. The van der Waals surface area contributed by atoms with Gasteiger partial charge < -0.3 is 9.09 Å². The molecular weight excluding hydrogens is 415 g/mol. The first kappa shape index (κ1) is 15.3. The van der Waals surface area contributed by atoms with Crippen LogP contribution >= 0.6 is 22.6 Å². The third kappa shape index (κ3) is 2.60. The van der Waals surface area contributed by atoms with E-state index in [4.69, 9.17) is 4.52 Å². The molecule has 0 bridgehead atoms. The molecule has 0 N–H and O–H groups in total. The van der Waals surface area contributed by atoms with Gasteiger partial charge in [-0.25, -0.2) is 0 Å². The molecule has 0 aromatic carbocycles. The smallest absolute Gasteiger partial charge is 0.141 e. The molecule has 0 aliphatic rings. The standard InChI is InChI=1S/C18H15IN4O/c1-11-17(12(2)24-22-11)13-7-16-18(21-8-13)15(19)10-23(16)9-14-5-3-4-6-20-14/h3-8,10H,9H2,1-2H3. The minimum atomic E-state index is 0.715. The third-order valence-electron chi connectivity index (χ3n) is 4.05. The zero-order valence-electron chi connectivity index (χ0n) is 13.3. The van der Waals surface area contributed by atoms with E-state index >= 15 is 0 Å². The van der Waals surface area contributed by atoms with Gasteiger partial charge in [0.15, 0.2) is 0 Å². The van der Waals surface area contributed by atoms with Gasteiger partial charge in [0.05, 0.1) is 27.0 Å². The highest BCUT2D eigenvalue weighted by Gasteiger charge is 2.15. The molecule has 6 heteroatoms. The first-order chi connectivity index (χ1) is 11.6. The van der Waals surface area contributed by atoms with Crippen molar-refractivity contribution in [3.05, 3.63) is 63.6 Å². The summed E-state index contributed by atoms with van der Waals surface area (Å²) in [5.41, 5.74) is 6.03. The molecule has 0 saturated carbocycles. The Morgan fingerprint density at radius 2 is 2.08 bits per heavy atom. The fourth-order valence-corrected chi connectivity index (χ4v) is 3.70. The van der Waals surface area contributed by atoms with E-state index in [2.05, 4.69) is 54.5 Å². The summed E-state index contributed by atoms with van der Waals surface area (Å²) in [6.07, 6.45) is 5.83. The molecule has 4 aromatic rings. The van der Waals surface area contributed by atoms with Crippen LogP contribution in [0.2, 0.25) is 0 Å². The number of rotatable bonds is 3. The summed E-state index contributed by atoms with van der Waals surface area (Å²) >= 11 is 2.33. The van der Waals surface area contributed by atoms with Gasteiger partial charge in [-0.1, -0.05) is 11.2 Å². The van der Waals surface area contributed by atoms with Crippen molar-refractivity contribution in [2.75, 3.05) is 0 Å². The Kier molecular flexibility index (Phi) is 3.84. The van der Waals surface area contributed by atoms with Crippen LogP contribution in [0.25, 0.3) is 22.2 Å². The minimum Gasteiger partial charge on any atom is -0.361 e. The fraction of sp³-hybridized carbons (Fsp3) is 0.167. The van der Waals surface area contributed by atoms with E-state index in [9.17, 15) is 0 Å². The van der Waals surface area contributed by atoms with Crippen LogP contribution < -0.4 is 0 Å². The SMILES string of the molecule is Cc1noc(C)c1-c1cnc2c(I)cn(Cc3ccccn3)c2c1. The Hall–Kier alpha value is -2.22. The Bertz CT molecular complexity index is 1000. The molecule has 4 aromatic heterocycles. The number of nitrogens with zero attached hydrogens (tertiary/aromatic N) is 4. The highest BCUT2D eigenvalue weighted by molar-refractivity contribution is 14.1. The van der Waals surface area contributed by atoms with Gasteiger partial charge in [0.2, 0.25) is 0 Å². The van der Waals surface area contributed by atoms with Gasteiger partial charge in [0.25, 0.3) is 0 Å². The first-order valence-corrected chi connectivity index (χ1v) is 8.69. The molecular formula is C18H15IN4O. The highest BCUT2D eigenvalue weighted by atomic mass is 127. The molecule has 0 spiro atoms. The van der Waals surface area contributed by atoms with Crippen molar-refractivity contribution in [3.63, 3.8) is 0 Å². The predicted octanol–water partition coefficient (Wildman–Crippen LogP) is 4.36. The third-order valence-corrected chi connectivity index (χ3v) is 4.84. The number of aryl methyl sites for hydroxylation is 2. The summed E-state index contributed by atoms with van der Waals surface area (Å²) in [5, 5.41) is 4.05. The summed E-state index contributed by atoms with van der Waals surface area (Å²) in [5.74, 6) is 0.811. The van der Waals surface area contributed by atoms with E-state index < -0.39 is 0 Å². The second-order valence-electron chi connectivity index (χ2n) is 5.72. The fourth-order valence-electron chi connectivity index (χ4n) is 2.95. The second-order valence-corrected chi connectivity index (χ2v) is 6.88. The van der Waals surface area contributed by atoms with Gasteiger partial charge in [-0.2, -0.15) is 0 Å². The number of halogens is 1. The Labute approximate surface area is 152 Å². The summed E-state index contributed by atoms with van der Waals surface area (Å²) in [6.45, 7) is 4.59. The van der Waals surface area contributed by atoms with Crippen molar-refractivity contribution >= 4 is 33.6 Å². The molecule has 120 valence electrons. The normalized spacial score (nSPS) is 11.3. The molecule has 0 radical (unpaired) electrons. The topological polar surface area (TPSA) is 56.7 Å². The van der Waals surface area contributed by atoms with Gasteiger partial charge in [-0.3, -0.25) is 9.97 Å². The number of hydrogen-bond acceptors (Lipinski definition) is 4. The van der Waals surface area contributed by atoms with Gasteiger partial charge in [0, 0.05) is 29.7 Å². The van der Waals surface area contributed by atoms with Crippen molar-refractivity contribution in [3.8, 4) is 11.1 Å². The molecule has 0 atom stereocenters. The second kappa shape index (κ2) is 6.01. The van der Waals surface area contributed by atoms with Crippen LogP contribution in [0, 0.1) is 17.4 Å². The van der Waals surface area contributed by atoms with Gasteiger partial charge in [0.1, 0.15) is 11.3 Å². The molecule has 0 aliphatic heterocycles. The molecule has 0 fully saturated rings. The zero-order valence-corrected chi connectivity index (χ0v) is 15.5. The number of aromatic nitrogens is 4. The molecule has 0 aliphatic carbocycles. The maximum atomic E-state index is 5.30. The van der Waals surface area contributed by atoms with E-state index in [1.807, 2.05) is 44.4 Å². The molecule has 4 heterocycles. The van der Waals surface area contributed by atoms with Crippen molar-refractivity contribution in [2.45, 2.75) is 20.4 Å². The quantitative estimate of drug-likeness (QED) is 0.454. The van der Waals surface area contributed by atoms with Crippen LogP contribution in [-0.2, 0) is 6.54 Å². The van der Waals surface area contributed by atoms with E-state index in [-0.39, 0.29) is 0 Å². The van der Waals surface area contributed by atoms with Crippen LogP contribution in [0.3, 0.4) is 0 Å². The summed E-state index contributed by atoms with van der Waals surface area (Å²) < 4.78 is 8.61. The molecule has 0 unspecified atom stereocenters. The highest BCUT2D eigenvalue weighted by Crippen LogP contribution is 2.30. The van der Waals surface area contributed by atoms with Crippen molar-refractivity contribution < 1.29 is 4.52 Å². The lowest BCUT2D eigenvalue weighted by atomic mass is 10.1. The van der Waals surface area contributed by atoms with E-state index in [1.54, 1.807) is 0 Å². The summed E-state index contributed by atoms with van der Waals surface area (Å²) in [6, 6.07) is 8.12. The Morgan fingerprint density at radius 1 is 1.21 bits per heavy atom. The number of fused-ring (bicyclic) bond motifs is 1. The van der Waals surface area contributed by atoms with Crippen molar-refractivity contribution in [1.82, 2.24) is 19.7 Å². The molecule has 24 heavy (non-hydrogen) atoms. The van der Waals surface area contributed by atoms with Gasteiger partial charge in [-0.15, -0.1) is 0 Å². The van der Waals surface area contributed by atoms with Crippen LogP contribution in [0.5, 0.6) is 0 Å². The average Bonchev–Trinajstić information content (AvgIpc) is 3.08. The maximum absolute atomic E-state index is 5.30. The molecule has 0 amide bonds. The molecule has 5 nitrogen and oxygen atoms in total. The van der Waals surface area contributed by atoms with Crippen LogP contribution in [0.1, 0.15) is 17.1 Å². The van der Waals surface area contributed by atoms with E-state index in [0.29, 0.717) is 6.54 Å². The zero-order chi connectivity index (χ0) is 16.7. The Morgan fingerprint density at radius 3 is 2.79 bits per heavy atom.